The van der Waals surface area contributed by atoms with E-state index in [1.165, 1.54) is 0 Å². The third-order valence-electron chi connectivity index (χ3n) is 5.63. The molecule has 1 aliphatic rings. The molecule has 1 fully saturated rings. The maximum Gasteiger partial charge on any atom is 0.258 e. The van der Waals surface area contributed by atoms with Gasteiger partial charge in [-0.3, -0.25) is 19.6 Å². The van der Waals surface area contributed by atoms with E-state index in [0.717, 1.165) is 36.5 Å². The van der Waals surface area contributed by atoms with Crippen molar-refractivity contribution < 1.29 is 4.79 Å². The lowest BCUT2D eigenvalue weighted by Gasteiger charge is -2.34. The number of rotatable bonds is 5. The fraction of sp³-hybridized carbons (Fsp3) is 0.429. The summed E-state index contributed by atoms with van der Waals surface area (Å²) in [6.45, 7) is 7.46. The summed E-state index contributed by atoms with van der Waals surface area (Å²) in [7, 11) is 0. The third kappa shape index (κ3) is 4.22. The Bertz CT molecular complexity index is 1060. The zero-order chi connectivity index (χ0) is 20.4. The molecule has 1 aliphatic heterocycles. The molecule has 3 heterocycles. The van der Waals surface area contributed by atoms with Gasteiger partial charge in [0.2, 0.25) is 5.91 Å². The van der Waals surface area contributed by atoms with E-state index in [4.69, 9.17) is 0 Å². The number of amides is 1. The Morgan fingerprint density at radius 2 is 1.90 bits per heavy atom. The number of nitrogens with one attached hydrogen (secondary N) is 2. The molecule has 29 heavy (non-hydrogen) atoms. The number of carbonyl (C=O) groups is 1. The Hall–Kier alpha value is -3.00. The predicted octanol–water partition coefficient (Wildman–Crippen LogP) is 1.54. The van der Waals surface area contributed by atoms with E-state index >= 15 is 0 Å². The summed E-state index contributed by atoms with van der Waals surface area (Å²) < 4.78 is 0. The van der Waals surface area contributed by atoms with Gasteiger partial charge in [-0.1, -0.05) is 12.1 Å². The molecular formula is C21H26N6O2. The first kappa shape index (κ1) is 19.3. The molecule has 1 aromatic carbocycles. The highest BCUT2D eigenvalue weighted by Crippen LogP contribution is 2.14. The summed E-state index contributed by atoms with van der Waals surface area (Å²) in [6, 6.07) is 7.36. The molecule has 4 rings (SSSR count). The Kier molecular flexibility index (Phi) is 5.44. The van der Waals surface area contributed by atoms with E-state index in [1.54, 1.807) is 6.07 Å². The Morgan fingerprint density at radius 3 is 2.62 bits per heavy atom. The van der Waals surface area contributed by atoms with Crippen molar-refractivity contribution in [3.63, 3.8) is 0 Å². The van der Waals surface area contributed by atoms with Crippen LogP contribution in [0.5, 0.6) is 0 Å². The normalized spacial score (nSPS) is 15.2. The maximum atomic E-state index is 12.6. The van der Waals surface area contributed by atoms with Gasteiger partial charge in [-0.05, 0) is 38.0 Å². The van der Waals surface area contributed by atoms with E-state index in [-0.39, 0.29) is 11.5 Å². The average Bonchev–Trinajstić information content (AvgIpc) is 3.04. The van der Waals surface area contributed by atoms with Gasteiger partial charge in [0.25, 0.3) is 5.56 Å². The van der Waals surface area contributed by atoms with E-state index in [0.29, 0.717) is 42.8 Å². The summed E-state index contributed by atoms with van der Waals surface area (Å²) in [5.41, 5.74) is 3.76. The van der Waals surface area contributed by atoms with Gasteiger partial charge in [0.15, 0.2) is 0 Å². The van der Waals surface area contributed by atoms with Crippen molar-refractivity contribution in [3.8, 4) is 0 Å². The second-order valence-corrected chi connectivity index (χ2v) is 7.60. The molecule has 3 aromatic rings. The van der Waals surface area contributed by atoms with Crippen molar-refractivity contribution in [1.29, 1.82) is 0 Å². The molecular weight excluding hydrogens is 368 g/mol. The number of para-hydroxylation sites is 1. The van der Waals surface area contributed by atoms with Gasteiger partial charge < -0.3 is 9.88 Å². The van der Waals surface area contributed by atoms with E-state index in [9.17, 15) is 9.59 Å². The first-order valence-corrected chi connectivity index (χ1v) is 10.00. The van der Waals surface area contributed by atoms with Crippen LogP contribution in [-0.4, -0.2) is 62.1 Å². The van der Waals surface area contributed by atoms with Crippen LogP contribution >= 0.6 is 0 Å². The first-order chi connectivity index (χ1) is 14.0. The summed E-state index contributed by atoms with van der Waals surface area (Å²) >= 11 is 0. The van der Waals surface area contributed by atoms with Crippen LogP contribution < -0.4 is 5.56 Å². The van der Waals surface area contributed by atoms with Crippen LogP contribution in [0.1, 0.15) is 29.2 Å². The Morgan fingerprint density at radius 1 is 1.14 bits per heavy atom. The predicted molar refractivity (Wildman–Crippen MR) is 111 cm³/mol. The molecule has 0 spiro atoms. The van der Waals surface area contributed by atoms with Crippen LogP contribution in [0.15, 0.2) is 29.1 Å². The van der Waals surface area contributed by atoms with Crippen LogP contribution in [0.4, 0.5) is 0 Å². The molecule has 2 N–H and O–H groups in total. The van der Waals surface area contributed by atoms with E-state index < -0.39 is 0 Å². The fourth-order valence-corrected chi connectivity index (χ4v) is 3.91. The molecule has 2 aromatic heterocycles. The number of aromatic amines is 2. The highest BCUT2D eigenvalue weighted by molar-refractivity contribution is 5.77. The van der Waals surface area contributed by atoms with E-state index in [1.807, 2.05) is 36.9 Å². The maximum absolute atomic E-state index is 12.6. The quantitative estimate of drug-likeness (QED) is 0.684. The molecule has 0 atom stereocenters. The summed E-state index contributed by atoms with van der Waals surface area (Å²) in [4.78, 5) is 36.4. The van der Waals surface area contributed by atoms with Gasteiger partial charge in [-0.15, -0.1) is 0 Å². The highest BCUT2D eigenvalue weighted by Gasteiger charge is 2.22. The minimum Gasteiger partial charge on any atom is -0.340 e. The number of nitrogens with zero attached hydrogens (tertiary/aromatic N) is 4. The van der Waals surface area contributed by atoms with Crippen molar-refractivity contribution in [3.05, 3.63) is 57.4 Å². The smallest absolute Gasteiger partial charge is 0.258 e. The molecule has 0 aliphatic carbocycles. The lowest BCUT2D eigenvalue weighted by Crippen LogP contribution is -2.48. The zero-order valence-corrected chi connectivity index (χ0v) is 16.9. The molecule has 8 heteroatoms. The molecule has 0 saturated carbocycles. The molecule has 1 amide bonds. The van der Waals surface area contributed by atoms with Gasteiger partial charge in [-0.25, -0.2) is 4.98 Å². The molecule has 152 valence electrons. The standard InChI is InChI=1S/C21H26N6O2/c1-14-16(15(2)25-24-14)7-8-20(28)27-11-9-26(10-12-27)13-19-22-18-6-4-3-5-17(18)21(29)23-19/h3-6H,7-13H2,1-2H3,(H,24,25)(H,22,23,29). The van der Waals surface area contributed by atoms with Gasteiger partial charge in [0, 0.05) is 38.3 Å². The number of H-pyrrole nitrogens is 2. The summed E-state index contributed by atoms with van der Waals surface area (Å²) in [6.07, 6.45) is 1.22. The largest absolute Gasteiger partial charge is 0.340 e. The summed E-state index contributed by atoms with van der Waals surface area (Å²) in [5.74, 6) is 0.848. The molecule has 0 unspecified atom stereocenters. The number of aromatic nitrogens is 4. The number of piperazine rings is 1. The molecule has 8 nitrogen and oxygen atoms in total. The van der Waals surface area contributed by atoms with Crippen molar-refractivity contribution in [2.45, 2.75) is 33.2 Å². The first-order valence-electron chi connectivity index (χ1n) is 10.00. The number of carbonyl (C=O) groups excluding carboxylic acids is 1. The van der Waals surface area contributed by atoms with Crippen LogP contribution in [0, 0.1) is 13.8 Å². The second-order valence-electron chi connectivity index (χ2n) is 7.60. The minimum absolute atomic E-state index is 0.107. The van der Waals surface area contributed by atoms with Crippen LogP contribution in [0.3, 0.4) is 0 Å². The lowest BCUT2D eigenvalue weighted by molar-refractivity contribution is -0.133. The lowest BCUT2D eigenvalue weighted by atomic mass is 10.1. The van der Waals surface area contributed by atoms with Crippen molar-refractivity contribution in [2.75, 3.05) is 26.2 Å². The summed E-state index contributed by atoms with van der Waals surface area (Å²) in [5, 5.41) is 7.77. The number of aryl methyl sites for hydroxylation is 2. The van der Waals surface area contributed by atoms with Crippen LogP contribution in [-0.2, 0) is 17.8 Å². The molecule has 0 bridgehead atoms. The van der Waals surface area contributed by atoms with Crippen molar-refractivity contribution in [1.82, 2.24) is 30.0 Å². The topological polar surface area (TPSA) is 98.0 Å². The van der Waals surface area contributed by atoms with Crippen molar-refractivity contribution in [2.24, 2.45) is 0 Å². The van der Waals surface area contributed by atoms with Crippen LogP contribution in [0.25, 0.3) is 10.9 Å². The number of hydrogen-bond donors (Lipinski definition) is 2. The van der Waals surface area contributed by atoms with Crippen LogP contribution in [0.2, 0.25) is 0 Å². The molecule has 0 radical (unpaired) electrons. The number of hydrogen-bond acceptors (Lipinski definition) is 5. The van der Waals surface area contributed by atoms with E-state index in [2.05, 4.69) is 25.1 Å². The average molecular weight is 394 g/mol. The monoisotopic (exact) mass is 394 g/mol. The number of benzene rings is 1. The van der Waals surface area contributed by atoms with Gasteiger partial charge in [0.1, 0.15) is 5.82 Å². The molecule has 1 saturated heterocycles. The third-order valence-corrected chi connectivity index (χ3v) is 5.63. The zero-order valence-electron chi connectivity index (χ0n) is 16.9. The Balaban J connectivity index is 1.31. The second kappa shape index (κ2) is 8.16. The van der Waals surface area contributed by atoms with Gasteiger partial charge >= 0.3 is 0 Å². The highest BCUT2D eigenvalue weighted by atomic mass is 16.2. The minimum atomic E-state index is -0.107. The van der Waals surface area contributed by atoms with Crippen molar-refractivity contribution >= 4 is 16.8 Å². The fourth-order valence-electron chi connectivity index (χ4n) is 3.91. The SMILES string of the molecule is Cc1n[nH]c(C)c1CCC(=O)N1CCN(Cc2nc3ccccc3c(=O)[nH]2)CC1. The van der Waals surface area contributed by atoms with Gasteiger partial charge in [-0.2, -0.15) is 5.10 Å². The van der Waals surface area contributed by atoms with Gasteiger partial charge in [0.05, 0.1) is 23.1 Å². The Labute approximate surface area is 168 Å². The number of fused-ring (bicyclic) bond motifs is 1.